The summed E-state index contributed by atoms with van der Waals surface area (Å²) in [5.74, 6) is 0.291. The minimum absolute atomic E-state index is 0.0111. The summed E-state index contributed by atoms with van der Waals surface area (Å²) in [6.07, 6.45) is 3.98. The van der Waals surface area contributed by atoms with Crippen molar-refractivity contribution >= 4 is 5.91 Å². The molecule has 0 aliphatic carbocycles. The zero-order chi connectivity index (χ0) is 17.4. The Kier molecular flexibility index (Phi) is 4.30. The molecule has 2 bridgehead atoms. The first-order valence-corrected chi connectivity index (χ1v) is 8.93. The van der Waals surface area contributed by atoms with E-state index >= 15 is 0 Å². The lowest BCUT2D eigenvalue weighted by molar-refractivity contribution is 0.0571. The second-order valence-corrected chi connectivity index (χ2v) is 7.17. The monoisotopic (exact) mass is 339 g/mol. The summed E-state index contributed by atoms with van der Waals surface area (Å²) in [5.41, 5.74) is 2.68. The summed E-state index contributed by atoms with van der Waals surface area (Å²) in [6, 6.07) is 14.6. The fourth-order valence-corrected chi connectivity index (χ4v) is 4.42. The van der Waals surface area contributed by atoms with Gasteiger partial charge in [-0.2, -0.15) is 0 Å². The molecule has 2 fully saturated rings. The van der Waals surface area contributed by atoms with Crippen LogP contribution < -0.4 is 0 Å². The number of aliphatic hydroxyl groups excluding tert-OH is 1. The number of carbonyl (C=O) groups excluding carboxylic acids is 1. The third kappa shape index (κ3) is 3.07. The third-order valence-corrected chi connectivity index (χ3v) is 5.69. The van der Waals surface area contributed by atoms with Gasteiger partial charge in [0.2, 0.25) is 0 Å². The molecule has 0 aromatic heterocycles. The lowest BCUT2D eigenvalue weighted by Crippen LogP contribution is -2.46. The Morgan fingerprint density at radius 1 is 1.00 bits per heavy atom. The van der Waals surface area contributed by atoms with Crippen molar-refractivity contribution in [2.75, 3.05) is 0 Å². The van der Waals surface area contributed by atoms with Gasteiger partial charge in [0.25, 0.3) is 5.91 Å². The summed E-state index contributed by atoms with van der Waals surface area (Å²) in [4.78, 5) is 15.0. The predicted molar refractivity (Wildman–Crippen MR) is 93.7 cm³/mol. The van der Waals surface area contributed by atoms with Crippen molar-refractivity contribution in [3.05, 3.63) is 71.0 Å². The van der Waals surface area contributed by atoms with Gasteiger partial charge >= 0.3 is 0 Å². The molecule has 130 valence electrons. The zero-order valence-corrected chi connectivity index (χ0v) is 14.1. The SMILES string of the molecule is O=C(c1ccc(CO)cc1)N1[C@@H]2CC[C@H]1CC(c1ccc(F)cc1)C2. The molecule has 4 rings (SSSR count). The Labute approximate surface area is 147 Å². The van der Waals surface area contributed by atoms with Crippen LogP contribution in [-0.4, -0.2) is 28.0 Å². The number of nitrogens with zero attached hydrogens (tertiary/aromatic N) is 1. The van der Waals surface area contributed by atoms with E-state index < -0.39 is 0 Å². The Morgan fingerprint density at radius 2 is 1.60 bits per heavy atom. The molecule has 2 saturated heterocycles. The van der Waals surface area contributed by atoms with E-state index in [1.165, 1.54) is 17.7 Å². The van der Waals surface area contributed by atoms with Gasteiger partial charge in [0.1, 0.15) is 5.82 Å². The number of carbonyl (C=O) groups is 1. The van der Waals surface area contributed by atoms with E-state index in [1.54, 1.807) is 24.3 Å². The Morgan fingerprint density at radius 3 is 2.16 bits per heavy atom. The number of benzene rings is 2. The maximum Gasteiger partial charge on any atom is 0.254 e. The molecule has 2 aromatic rings. The van der Waals surface area contributed by atoms with E-state index in [1.807, 2.05) is 12.1 Å². The van der Waals surface area contributed by atoms with Crippen LogP contribution in [0.2, 0.25) is 0 Å². The fourth-order valence-electron chi connectivity index (χ4n) is 4.42. The van der Waals surface area contributed by atoms with Crippen molar-refractivity contribution in [1.29, 1.82) is 0 Å². The molecule has 0 saturated carbocycles. The fraction of sp³-hybridized carbons (Fsp3) is 0.381. The van der Waals surface area contributed by atoms with Gasteiger partial charge in [0.15, 0.2) is 0 Å². The van der Waals surface area contributed by atoms with Crippen LogP contribution >= 0.6 is 0 Å². The van der Waals surface area contributed by atoms with Crippen molar-refractivity contribution < 1.29 is 14.3 Å². The van der Waals surface area contributed by atoms with Crippen molar-refractivity contribution in [2.24, 2.45) is 0 Å². The van der Waals surface area contributed by atoms with Gasteiger partial charge in [-0.25, -0.2) is 4.39 Å². The highest BCUT2D eigenvalue weighted by atomic mass is 19.1. The van der Waals surface area contributed by atoms with Gasteiger partial charge in [0, 0.05) is 17.6 Å². The molecule has 2 heterocycles. The molecule has 1 unspecified atom stereocenters. The number of amides is 1. The number of halogens is 1. The van der Waals surface area contributed by atoms with Crippen LogP contribution in [0.15, 0.2) is 48.5 Å². The van der Waals surface area contributed by atoms with Crippen LogP contribution in [0.5, 0.6) is 0 Å². The van der Waals surface area contributed by atoms with Gasteiger partial charge in [0.05, 0.1) is 6.61 Å². The molecule has 4 heteroatoms. The molecule has 2 aromatic carbocycles. The highest BCUT2D eigenvalue weighted by Gasteiger charge is 2.43. The quantitative estimate of drug-likeness (QED) is 0.922. The van der Waals surface area contributed by atoms with Crippen LogP contribution in [0.4, 0.5) is 4.39 Å². The van der Waals surface area contributed by atoms with Crippen molar-refractivity contribution in [3.63, 3.8) is 0 Å². The molecule has 1 N–H and O–H groups in total. The number of aliphatic hydroxyl groups is 1. The second-order valence-electron chi connectivity index (χ2n) is 7.17. The number of piperidine rings is 1. The molecule has 3 nitrogen and oxygen atoms in total. The minimum Gasteiger partial charge on any atom is -0.392 e. The van der Waals surface area contributed by atoms with Crippen LogP contribution in [0, 0.1) is 5.82 Å². The number of rotatable bonds is 3. The Bertz CT molecular complexity index is 742. The topological polar surface area (TPSA) is 40.5 Å². The van der Waals surface area contributed by atoms with E-state index in [4.69, 9.17) is 5.11 Å². The van der Waals surface area contributed by atoms with Crippen molar-refractivity contribution in [1.82, 2.24) is 4.90 Å². The average Bonchev–Trinajstić information content (AvgIpc) is 2.91. The first kappa shape index (κ1) is 16.3. The Hall–Kier alpha value is -2.20. The second kappa shape index (κ2) is 6.60. The van der Waals surface area contributed by atoms with E-state index in [0.29, 0.717) is 11.5 Å². The molecule has 2 aliphatic rings. The smallest absolute Gasteiger partial charge is 0.254 e. The van der Waals surface area contributed by atoms with Crippen molar-refractivity contribution in [3.8, 4) is 0 Å². The molecule has 2 aliphatic heterocycles. The van der Waals surface area contributed by atoms with Gasteiger partial charge < -0.3 is 10.0 Å². The minimum atomic E-state index is -0.203. The van der Waals surface area contributed by atoms with E-state index in [9.17, 15) is 9.18 Å². The molecule has 1 amide bonds. The molecular formula is C21H22FNO2. The largest absolute Gasteiger partial charge is 0.392 e. The van der Waals surface area contributed by atoms with E-state index in [-0.39, 0.29) is 30.4 Å². The van der Waals surface area contributed by atoms with Gasteiger partial charge in [-0.15, -0.1) is 0 Å². The summed E-state index contributed by atoms with van der Waals surface area (Å²) in [6.45, 7) is -0.0111. The maximum atomic E-state index is 13.2. The van der Waals surface area contributed by atoms with Gasteiger partial charge in [-0.3, -0.25) is 4.79 Å². The molecule has 0 spiro atoms. The third-order valence-electron chi connectivity index (χ3n) is 5.69. The lowest BCUT2D eigenvalue weighted by Gasteiger charge is -2.39. The number of hydrogen-bond donors (Lipinski definition) is 1. The summed E-state index contributed by atoms with van der Waals surface area (Å²) in [5, 5.41) is 9.15. The molecule has 3 atom stereocenters. The van der Waals surface area contributed by atoms with E-state index in [2.05, 4.69) is 4.90 Å². The summed E-state index contributed by atoms with van der Waals surface area (Å²) < 4.78 is 13.2. The molecule has 0 radical (unpaired) electrons. The maximum absolute atomic E-state index is 13.2. The standard InChI is InChI=1S/C21H22FNO2/c22-18-7-5-15(6-8-18)17-11-19-9-10-20(12-17)23(19)21(25)16-3-1-14(13-24)2-4-16/h1-8,17,19-20,24H,9-13H2/t17?,19-,20+. The molecular weight excluding hydrogens is 317 g/mol. The van der Waals surface area contributed by atoms with Crippen LogP contribution in [0.25, 0.3) is 0 Å². The predicted octanol–water partition coefficient (Wildman–Crippen LogP) is 3.87. The summed E-state index contributed by atoms with van der Waals surface area (Å²) >= 11 is 0. The van der Waals surface area contributed by atoms with E-state index in [0.717, 1.165) is 31.2 Å². The zero-order valence-electron chi connectivity index (χ0n) is 14.1. The van der Waals surface area contributed by atoms with Gasteiger partial charge in [-0.05, 0) is 67.0 Å². The normalized spacial score (nSPS) is 25.2. The average molecular weight is 339 g/mol. The van der Waals surface area contributed by atoms with Crippen LogP contribution in [0.3, 0.4) is 0 Å². The Balaban J connectivity index is 1.51. The van der Waals surface area contributed by atoms with Crippen molar-refractivity contribution in [2.45, 2.75) is 50.3 Å². The highest BCUT2D eigenvalue weighted by molar-refractivity contribution is 5.95. The number of hydrogen-bond acceptors (Lipinski definition) is 2. The molecule has 25 heavy (non-hydrogen) atoms. The lowest BCUT2D eigenvalue weighted by atomic mass is 9.85. The van der Waals surface area contributed by atoms with Crippen LogP contribution in [-0.2, 0) is 6.61 Å². The highest BCUT2D eigenvalue weighted by Crippen LogP contribution is 2.43. The number of fused-ring (bicyclic) bond motifs is 2. The first-order valence-electron chi connectivity index (χ1n) is 8.93. The summed E-state index contributed by atoms with van der Waals surface area (Å²) in [7, 11) is 0. The first-order chi connectivity index (χ1) is 12.2. The van der Waals surface area contributed by atoms with Gasteiger partial charge in [-0.1, -0.05) is 24.3 Å². The van der Waals surface area contributed by atoms with Crippen LogP contribution in [0.1, 0.15) is 53.1 Å².